The first kappa shape index (κ1) is 24.8. The van der Waals surface area contributed by atoms with E-state index in [2.05, 4.69) is 29.7 Å². The Morgan fingerprint density at radius 3 is 2.34 bits per heavy atom. The maximum Gasteiger partial charge on any atom is 0.258 e. The summed E-state index contributed by atoms with van der Waals surface area (Å²) in [4.78, 5) is 12.0. The van der Waals surface area contributed by atoms with Gasteiger partial charge in [-0.05, 0) is 57.9 Å². The molecule has 0 aliphatic carbocycles. The first-order chi connectivity index (χ1) is 13.3. The number of benzene rings is 2. The van der Waals surface area contributed by atoms with Crippen LogP contribution < -0.4 is 20.1 Å². The van der Waals surface area contributed by atoms with Crippen LogP contribution in [0.5, 0.6) is 11.5 Å². The predicted octanol–water partition coefficient (Wildman–Crippen LogP) is 4.65. The molecule has 29 heavy (non-hydrogen) atoms. The van der Waals surface area contributed by atoms with Crippen molar-refractivity contribution in [3.8, 4) is 11.5 Å². The molecule has 6 heteroatoms. The first-order valence-electron chi connectivity index (χ1n) is 9.76. The lowest BCUT2D eigenvalue weighted by atomic mass is 10.1. The molecule has 0 aliphatic rings. The Hall–Kier alpha value is -2.24. The highest BCUT2D eigenvalue weighted by Gasteiger charge is 2.15. The van der Waals surface area contributed by atoms with Crippen LogP contribution in [0, 0.1) is 0 Å². The van der Waals surface area contributed by atoms with Crippen LogP contribution in [0.25, 0.3) is 0 Å². The zero-order chi connectivity index (χ0) is 20.6. The lowest BCUT2D eigenvalue weighted by Gasteiger charge is -2.21. The molecule has 1 amide bonds. The van der Waals surface area contributed by atoms with Gasteiger partial charge in [-0.15, -0.1) is 12.4 Å². The molecule has 0 aliphatic heterocycles. The van der Waals surface area contributed by atoms with Crippen LogP contribution in [0.4, 0.5) is 0 Å². The van der Waals surface area contributed by atoms with Crippen molar-refractivity contribution in [2.24, 2.45) is 0 Å². The van der Waals surface area contributed by atoms with Gasteiger partial charge in [0.05, 0.1) is 6.61 Å². The van der Waals surface area contributed by atoms with Crippen LogP contribution in [0.2, 0.25) is 0 Å². The van der Waals surface area contributed by atoms with E-state index in [4.69, 9.17) is 9.47 Å². The summed E-state index contributed by atoms with van der Waals surface area (Å²) in [6, 6.07) is 16.4. The van der Waals surface area contributed by atoms with Crippen LogP contribution >= 0.6 is 12.4 Å². The van der Waals surface area contributed by atoms with Crippen molar-refractivity contribution >= 4 is 18.3 Å². The SMILES string of the molecule is CCOc1cc(CNC(C)c2ccccc2)ccc1OCC(=O)NC(C)(C)C.Cl. The molecule has 0 fully saturated rings. The van der Waals surface area contributed by atoms with Gasteiger partial charge in [0, 0.05) is 18.1 Å². The second-order valence-electron chi connectivity index (χ2n) is 7.81. The topological polar surface area (TPSA) is 59.6 Å². The average Bonchev–Trinajstić information content (AvgIpc) is 2.65. The van der Waals surface area contributed by atoms with Crippen LogP contribution in [-0.4, -0.2) is 24.7 Å². The largest absolute Gasteiger partial charge is 0.490 e. The van der Waals surface area contributed by atoms with Crippen molar-refractivity contribution in [1.82, 2.24) is 10.6 Å². The lowest BCUT2D eigenvalue weighted by Crippen LogP contribution is -2.43. The van der Waals surface area contributed by atoms with Crippen LogP contribution in [-0.2, 0) is 11.3 Å². The summed E-state index contributed by atoms with van der Waals surface area (Å²) in [6.45, 7) is 11.1. The molecule has 2 rings (SSSR count). The highest BCUT2D eigenvalue weighted by Crippen LogP contribution is 2.29. The van der Waals surface area contributed by atoms with Crippen molar-refractivity contribution < 1.29 is 14.3 Å². The normalized spacial score (nSPS) is 11.9. The van der Waals surface area contributed by atoms with Gasteiger partial charge in [0.15, 0.2) is 18.1 Å². The molecule has 0 spiro atoms. The molecule has 5 nitrogen and oxygen atoms in total. The highest BCUT2D eigenvalue weighted by atomic mass is 35.5. The quantitative estimate of drug-likeness (QED) is 0.619. The minimum absolute atomic E-state index is 0. The number of ether oxygens (including phenoxy) is 2. The van der Waals surface area contributed by atoms with Gasteiger partial charge in [0.1, 0.15) is 0 Å². The van der Waals surface area contributed by atoms with Crippen molar-refractivity contribution in [2.75, 3.05) is 13.2 Å². The number of carbonyl (C=O) groups is 1. The summed E-state index contributed by atoms with van der Waals surface area (Å²) in [7, 11) is 0. The lowest BCUT2D eigenvalue weighted by molar-refractivity contribution is -0.124. The van der Waals surface area contributed by atoms with E-state index in [-0.39, 0.29) is 36.5 Å². The highest BCUT2D eigenvalue weighted by molar-refractivity contribution is 5.85. The maximum atomic E-state index is 12.0. The summed E-state index contributed by atoms with van der Waals surface area (Å²) in [6.07, 6.45) is 0. The fourth-order valence-electron chi connectivity index (χ4n) is 2.78. The fraction of sp³-hybridized carbons (Fsp3) is 0.435. The van der Waals surface area contributed by atoms with E-state index in [9.17, 15) is 4.79 Å². The Balaban J connectivity index is 0.00000420. The van der Waals surface area contributed by atoms with Crippen molar-refractivity contribution in [2.45, 2.75) is 52.7 Å². The van der Waals surface area contributed by atoms with E-state index in [0.29, 0.717) is 24.7 Å². The molecule has 2 N–H and O–H groups in total. The molecule has 1 atom stereocenters. The van der Waals surface area contributed by atoms with E-state index in [1.807, 2.05) is 64.1 Å². The summed E-state index contributed by atoms with van der Waals surface area (Å²) < 4.78 is 11.4. The molecule has 2 aromatic carbocycles. The molecule has 0 saturated heterocycles. The number of halogens is 1. The number of amides is 1. The minimum Gasteiger partial charge on any atom is -0.490 e. The van der Waals surface area contributed by atoms with E-state index < -0.39 is 0 Å². The zero-order valence-electron chi connectivity index (χ0n) is 18.0. The van der Waals surface area contributed by atoms with Gasteiger partial charge in [-0.3, -0.25) is 4.79 Å². The van der Waals surface area contributed by atoms with Gasteiger partial charge < -0.3 is 20.1 Å². The molecule has 1 unspecified atom stereocenters. The second kappa shape index (κ2) is 11.7. The minimum atomic E-state index is -0.284. The van der Waals surface area contributed by atoms with Crippen molar-refractivity contribution in [3.05, 3.63) is 59.7 Å². The third-order valence-electron chi connectivity index (χ3n) is 4.09. The van der Waals surface area contributed by atoms with Crippen LogP contribution in [0.15, 0.2) is 48.5 Å². The molecular weight excluding hydrogens is 388 g/mol. The maximum absolute atomic E-state index is 12.0. The molecule has 0 aromatic heterocycles. The van der Waals surface area contributed by atoms with Crippen LogP contribution in [0.1, 0.15) is 51.8 Å². The average molecular weight is 421 g/mol. The number of carbonyl (C=O) groups excluding carboxylic acids is 1. The van der Waals surface area contributed by atoms with Gasteiger partial charge in [0.25, 0.3) is 5.91 Å². The molecule has 2 aromatic rings. The Bertz CT molecular complexity index is 760. The smallest absolute Gasteiger partial charge is 0.258 e. The Morgan fingerprint density at radius 2 is 1.72 bits per heavy atom. The van der Waals surface area contributed by atoms with E-state index in [0.717, 1.165) is 5.56 Å². The standard InChI is InChI=1S/C23H32N2O3.ClH/c1-6-27-21-14-18(15-24-17(2)19-10-8-7-9-11-19)12-13-20(21)28-16-22(26)25-23(3,4)5;/h7-14,17,24H,6,15-16H2,1-5H3,(H,25,26);1H. The molecule has 0 radical (unpaired) electrons. The van der Waals surface area contributed by atoms with Crippen molar-refractivity contribution in [3.63, 3.8) is 0 Å². The zero-order valence-corrected chi connectivity index (χ0v) is 18.8. The third-order valence-corrected chi connectivity index (χ3v) is 4.09. The number of nitrogens with one attached hydrogen (secondary N) is 2. The molecular formula is C23H33ClN2O3. The van der Waals surface area contributed by atoms with Gasteiger partial charge in [-0.25, -0.2) is 0 Å². The van der Waals surface area contributed by atoms with E-state index in [1.165, 1.54) is 5.56 Å². The monoisotopic (exact) mass is 420 g/mol. The number of rotatable bonds is 9. The predicted molar refractivity (Wildman–Crippen MR) is 120 cm³/mol. The summed E-state index contributed by atoms with van der Waals surface area (Å²) >= 11 is 0. The number of hydrogen-bond donors (Lipinski definition) is 2. The molecule has 0 heterocycles. The summed E-state index contributed by atoms with van der Waals surface area (Å²) in [5, 5.41) is 6.41. The molecule has 0 bridgehead atoms. The summed E-state index contributed by atoms with van der Waals surface area (Å²) in [5.74, 6) is 1.07. The Kier molecular flexibility index (Phi) is 9.99. The molecule has 160 valence electrons. The van der Waals surface area contributed by atoms with Crippen molar-refractivity contribution in [1.29, 1.82) is 0 Å². The van der Waals surface area contributed by atoms with Crippen LogP contribution in [0.3, 0.4) is 0 Å². The Labute approximate surface area is 180 Å². The third kappa shape index (κ3) is 8.75. The van der Waals surface area contributed by atoms with E-state index >= 15 is 0 Å². The fourth-order valence-corrected chi connectivity index (χ4v) is 2.78. The number of hydrogen-bond acceptors (Lipinski definition) is 4. The Morgan fingerprint density at radius 1 is 1.03 bits per heavy atom. The van der Waals surface area contributed by atoms with Gasteiger partial charge in [-0.1, -0.05) is 36.4 Å². The first-order valence-corrected chi connectivity index (χ1v) is 9.76. The van der Waals surface area contributed by atoms with Gasteiger partial charge >= 0.3 is 0 Å². The molecule has 0 saturated carbocycles. The second-order valence-corrected chi connectivity index (χ2v) is 7.81. The van der Waals surface area contributed by atoms with Gasteiger partial charge in [0.2, 0.25) is 0 Å². The van der Waals surface area contributed by atoms with Gasteiger partial charge in [-0.2, -0.15) is 0 Å². The van der Waals surface area contributed by atoms with E-state index in [1.54, 1.807) is 0 Å². The summed E-state index contributed by atoms with van der Waals surface area (Å²) in [5.41, 5.74) is 2.06.